The number of phenolic OH excluding ortho intramolecular Hbond substituents is 1. The molecule has 1 fully saturated rings. The topological polar surface area (TPSA) is 115 Å². The van der Waals surface area contributed by atoms with Gasteiger partial charge in [-0.3, -0.25) is 19.4 Å². The van der Waals surface area contributed by atoms with E-state index in [1.165, 1.54) is 23.2 Å². The zero-order valence-corrected chi connectivity index (χ0v) is 20.7. The van der Waals surface area contributed by atoms with Crippen LogP contribution >= 0.6 is 0 Å². The Morgan fingerprint density at radius 2 is 1.92 bits per heavy atom. The fourth-order valence-corrected chi connectivity index (χ4v) is 6.42. The molecular weight excluding hydrogens is 485 g/mol. The number of hydrogen-bond acceptors (Lipinski definition) is 7. The van der Waals surface area contributed by atoms with Crippen molar-refractivity contribution in [3.8, 4) is 5.75 Å². The van der Waals surface area contributed by atoms with Crippen molar-refractivity contribution in [2.75, 3.05) is 36.7 Å². The van der Waals surface area contributed by atoms with Gasteiger partial charge in [0.15, 0.2) is 5.75 Å². The maximum Gasteiger partial charge on any atom is 0.258 e. The van der Waals surface area contributed by atoms with E-state index in [4.69, 9.17) is 0 Å². The second-order valence-electron chi connectivity index (χ2n) is 9.28. The van der Waals surface area contributed by atoms with Crippen LogP contribution in [0.3, 0.4) is 0 Å². The Kier molecular flexibility index (Phi) is 6.54. The number of carbonyl (C=O) groups is 1. The molecule has 3 heterocycles. The Hall–Kier alpha value is -3.28. The van der Waals surface area contributed by atoms with Crippen LogP contribution in [0.15, 0.2) is 42.6 Å². The van der Waals surface area contributed by atoms with Crippen molar-refractivity contribution in [1.29, 1.82) is 0 Å². The molecule has 36 heavy (non-hydrogen) atoms. The van der Waals surface area contributed by atoms with Gasteiger partial charge in [0.25, 0.3) is 5.91 Å². The molecule has 1 aromatic heterocycles. The van der Waals surface area contributed by atoms with Gasteiger partial charge < -0.3 is 15.3 Å². The number of hydrogen-bond donors (Lipinski definition) is 3. The van der Waals surface area contributed by atoms with Crippen LogP contribution in [0, 0.1) is 5.82 Å². The van der Waals surface area contributed by atoms with E-state index in [1.807, 2.05) is 6.92 Å². The molecule has 9 nitrogen and oxygen atoms in total. The Morgan fingerprint density at radius 3 is 2.64 bits per heavy atom. The van der Waals surface area contributed by atoms with Crippen molar-refractivity contribution in [1.82, 2.24) is 20.1 Å². The molecule has 2 aliphatic rings. The van der Waals surface area contributed by atoms with Crippen molar-refractivity contribution in [3.05, 3.63) is 65.1 Å². The van der Waals surface area contributed by atoms with E-state index in [9.17, 15) is 22.7 Å². The summed E-state index contributed by atoms with van der Waals surface area (Å²) in [5, 5.41) is 14.6. The standard InChI is InChI=1S/C25H28FN5O4S/c1-16(30-11-9-27-10-12-30)15-36(34,35)29-22-19-3-2-8-28-23(19)24(32)21-20(22)14-31(25(21)33)13-17-4-6-18(26)7-5-17/h2-8,16,27,29,32H,9-15H2,1H3. The summed E-state index contributed by atoms with van der Waals surface area (Å²) in [6.45, 7) is 5.32. The van der Waals surface area contributed by atoms with Crippen molar-refractivity contribution in [2.24, 2.45) is 0 Å². The van der Waals surface area contributed by atoms with Crippen LogP contribution < -0.4 is 10.0 Å². The molecule has 0 saturated carbocycles. The van der Waals surface area contributed by atoms with Crippen LogP contribution in [0.25, 0.3) is 10.9 Å². The second kappa shape index (κ2) is 9.64. The van der Waals surface area contributed by atoms with Gasteiger partial charge in [-0.1, -0.05) is 12.1 Å². The summed E-state index contributed by atoms with van der Waals surface area (Å²) in [7, 11) is -3.80. The van der Waals surface area contributed by atoms with Gasteiger partial charge in [0, 0.05) is 62.5 Å². The largest absolute Gasteiger partial charge is 0.505 e. The van der Waals surface area contributed by atoms with E-state index in [0.29, 0.717) is 16.5 Å². The van der Waals surface area contributed by atoms with E-state index in [0.717, 1.165) is 26.2 Å². The summed E-state index contributed by atoms with van der Waals surface area (Å²) < 4.78 is 42.6. The molecule has 2 aliphatic heterocycles. The Balaban J connectivity index is 1.49. The lowest BCUT2D eigenvalue weighted by molar-refractivity contribution is 0.0764. The van der Waals surface area contributed by atoms with Crippen LogP contribution in [0.4, 0.5) is 10.1 Å². The molecule has 0 spiro atoms. The molecule has 0 bridgehead atoms. The van der Waals surface area contributed by atoms with Gasteiger partial charge in [-0.25, -0.2) is 12.8 Å². The van der Waals surface area contributed by atoms with Gasteiger partial charge in [0.05, 0.1) is 17.0 Å². The highest BCUT2D eigenvalue weighted by atomic mass is 32.2. The third kappa shape index (κ3) is 4.73. The first-order valence-corrected chi connectivity index (χ1v) is 13.5. The number of aromatic nitrogens is 1. The number of nitrogens with zero attached hydrogens (tertiary/aromatic N) is 3. The molecule has 0 aliphatic carbocycles. The third-order valence-electron chi connectivity index (χ3n) is 6.77. The molecule has 190 valence electrons. The van der Waals surface area contributed by atoms with Crippen molar-refractivity contribution >= 4 is 32.5 Å². The molecule has 3 aromatic rings. The van der Waals surface area contributed by atoms with Crippen LogP contribution in [0.5, 0.6) is 5.75 Å². The fraction of sp³-hybridized carbons (Fsp3) is 0.360. The lowest BCUT2D eigenvalue weighted by atomic mass is 10.0. The number of nitrogens with one attached hydrogen (secondary N) is 2. The lowest BCUT2D eigenvalue weighted by Gasteiger charge is -2.32. The number of amides is 1. The third-order valence-corrected chi connectivity index (χ3v) is 8.21. The van der Waals surface area contributed by atoms with Crippen LogP contribution in [-0.4, -0.2) is 72.2 Å². The number of fused-ring (bicyclic) bond motifs is 2. The molecule has 1 amide bonds. The summed E-state index contributed by atoms with van der Waals surface area (Å²) >= 11 is 0. The molecule has 1 unspecified atom stereocenters. The number of rotatable bonds is 7. The van der Waals surface area contributed by atoms with E-state index >= 15 is 0 Å². The predicted molar refractivity (Wildman–Crippen MR) is 135 cm³/mol. The zero-order valence-electron chi connectivity index (χ0n) is 19.9. The number of phenols is 1. The monoisotopic (exact) mass is 513 g/mol. The first-order chi connectivity index (χ1) is 17.2. The van der Waals surface area contributed by atoms with Gasteiger partial charge >= 0.3 is 0 Å². The molecule has 1 saturated heterocycles. The smallest absolute Gasteiger partial charge is 0.258 e. The van der Waals surface area contributed by atoms with Gasteiger partial charge in [-0.15, -0.1) is 0 Å². The summed E-state index contributed by atoms with van der Waals surface area (Å²) in [5.74, 6) is -1.20. The molecule has 5 rings (SSSR count). The number of sulfonamides is 1. The van der Waals surface area contributed by atoms with Gasteiger partial charge in [0.1, 0.15) is 11.3 Å². The van der Waals surface area contributed by atoms with Crippen LogP contribution in [-0.2, 0) is 23.1 Å². The molecule has 1 atom stereocenters. The molecule has 3 N–H and O–H groups in total. The number of benzene rings is 2. The highest BCUT2D eigenvalue weighted by Crippen LogP contribution is 2.43. The number of carbonyl (C=O) groups excluding carboxylic acids is 1. The van der Waals surface area contributed by atoms with Crippen LogP contribution in [0.2, 0.25) is 0 Å². The first-order valence-electron chi connectivity index (χ1n) is 11.8. The first kappa shape index (κ1) is 24.4. The molecular formula is C25H28FN5O4S. The SMILES string of the molecule is CC(CS(=O)(=O)Nc1c2c(c(O)c3ncccc13)C(=O)N(Cc1ccc(F)cc1)C2)N1CCNCC1. The minimum Gasteiger partial charge on any atom is -0.505 e. The number of piperazine rings is 1. The minimum absolute atomic E-state index is 0.0381. The van der Waals surface area contributed by atoms with E-state index in [1.54, 1.807) is 24.3 Å². The summed E-state index contributed by atoms with van der Waals surface area (Å²) in [4.78, 5) is 21.2. The Morgan fingerprint density at radius 1 is 1.19 bits per heavy atom. The van der Waals surface area contributed by atoms with Gasteiger partial charge in [-0.05, 0) is 36.8 Å². The predicted octanol–water partition coefficient (Wildman–Crippen LogP) is 2.27. The maximum absolute atomic E-state index is 13.3. The van der Waals surface area contributed by atoms with E-state index in [2.05, 4.69) is 19.9 Å². The van der Waals surface area contributed by atoms with E-state index in [-0.39, 0.29) is 53.2 Å². The number of halogens is 1. The number of anilines is 1. The molecule has 2 aromatic carbocycles. The molecule has 0 radical (unpaired) electrons. The Labute approximate surface area is 209 Å². The summed E-state index contributed by atoms with van der Waals surface area (Å²) in [6.07, 6.45) is 1.48. The van der Waals surface area contributed by atoms with Gasteiger partial charge in [-0.2, -0.15) is 0 Å². The minimum atomic E-state index is -3.80. The van der Waals surface area contributed by atoms with Crippen molar-refractivity contribution < 1.29 is 22.7 Å². The summed E-state index contributed by atoms with van der Waals surface area (Å²) in [5.41, 5.74) is 1.57. The van der Waals surface area contributed by atoms with E-state index < -0.39 is 15.9 Å². The maximum atomic E-state index is 13.3. The van der Waals surface area contributed by atoms with Gasteiger partial charge in [0.2, 0.25) is 10.0 Å². The number of pyridine rings is 1. The quantitative estimate of drug-likeness (QED) is 0.415. The van der Waals surface area contributed by atoms with Crippen molar-refractivity contribution in [2.45, 2.75) is 26.1 Å². The fourth-order valence-electron chi connectivity index (χ4n) is 4.95. The van der Waals surface area contributed by atoms with Crippen molar-refractivity contribution in [3.63, 3.8) is 0 Å². The Bertz CT molecular complexity index is 1410. The summed E-state index contributed by atoms with van der Waals surface area (Å²) in [6, 6.07) is 8.94. The normalized spacial score (nSPS) is 17.4. The zero-order chi connectivity index (χ0) is 25.4. The lowest BCUT2D eigenvalue weighted by Crippen LogP contribution is -2.49. The van der Waals surface area contributed by atoms with Crippen LogP contribution in [0.1, 0.15) is 28.4 Å². The molecule has 11 heteroatoms. The average Bonchev–Trinajstić information content (AvgIpc) is 3.19. The average molecular weight is 514 g/mol. The highest BCUT2D eigenvalue weighted by Gasteiger charge is 2.36. The second-order valence-corrected chi connectivity index (χ2v) is 11.0. The highest BCUT2D eigenvalue weighted by molar-refractivity contribution is 7.92. The number of aromatic hydroxyl groups is 1.